The summed E-state index contributed by atoms with van der Waals surface area (Å²) in [5.74, 6) is -0.206. The van der Waals surface area contributed by atoms with Gasteiger partial charge in [0.05, 0.1) is 4.92 Å². The molecule has 1 heterocycles. The number of nitro groups is 1. The van der Waals surface area contributed by atoms with Crippen LogP contribution in [0.4, 0.5) is 11.4 Å². The molecule has 30 heavy (non-hydrogen) atoms. The summed E-state index contributed by atoms with van der Waals surface area (Å²) in [7, 11) is 0. The average molecular weight is 409 g/mol. The third-order valence-electron chi connectivity index (χ3n) is 4.91. The van der Waals surface area contributed by atoms with Crippen LogP contribution < -0.4 is 16.3 Å². The number of hydrogen-bond donors (Lipinski definition) is 2. The lowest BCUT2D eigenvalue weighted by molar-refractivity contribution is -0.384. The zero-order valence-electron chi connectivity index (χ0n) is 16.9. The zero-order chi connectivity index (χ0) is 21.7. The van der Waals surface area contributed by atoms with Crippen molar-refractivity contribution in [3.8, 4) is 0 Å². The summed E-state index contributed by atoms with van der Waals surface area (Å²) < 4.78 is 5.41. The second kappa shape index (κ2) is 9.21. The summed E-state index contributed by atoms with van der Waals surface area (Å²) in [6.07, 6.45) is 0.426. The number of nitrogens with one attached hydrogen (secondary N) is 2. The number of fused-ring (bicyclic) bond motifs is 1. The van der Waals surface area contributed by atoms with E-state index in [-0.39, 0.29) is 24.4 Å². The van der Waals surface area contributed by atoms with E-state index in [0.717, 1.165) is 16.5 Å². The number of carbonyl (C=O) groups is 1. The molecule has 0 aliphatic heterocycles. The number of nitro benzene ring substituents is 1. The molecule has 0 atom stereocenters. The fraction of sp³-hybridized carbons (Fsp3) is 0.273. The van der Waals surface area contributed by atoms with Crippen LogP contribution in [-0.4, -0.2) is 23.9 Å². The minimum atomic E-state index is -0.459. The van der Waals surface area contributed by atoms with Gasteiger partial charge in [-0.25, -0.2) is 4.79 Å². The van der Waals surface area contributed by atoms with Crippen LogP contribution in [0.5, 0.6) is 0 Å². The van der Waals surface area contributed by atoms with Crippen LogP contribution in [0.3, 0.4) is 0 Å². The number of carbonyl (C=O) groups excluding carboxylic acids is 1. The molecule has 0 saturated heterocycles. The van der Waals surface area contributed by atoms with Gasteiger partial charge in [-0.05, 0) is 43.5 Å². The van der Waals surface area contributed by atoms with Crippen LogP contribution in [0.1, 0.15) is 23.1 Å². The first-order valence-electron chi connectivity index (χ1n) is 9.63. The summed E-state index contributed by atoms with van der Waals surface area (Å²) in [4.78, 5) is 35.0. The molecule has 8 nitrogen and oxygen atoms in total. The molecule has 1 amide bonds. The molecule has 0 spiro atoms. The van der Waals surface area contributed by atoms with E-state index in [0.29, 0.717) is 29.9 Å². The molecule has 0 aliphatic rings. The van der Waals surface area contributed by atoms with Gasteiger partial charge in [-0.15, -0.1) is 0 Å². The lowest BCUT2D eigenvalue weighted by Crippen LogP contribution is -2.29. The van der Waals surface area contributed by atoms with Gasteiger partial charge in [0, 0.05) is 36.5 Å². The standard InChI is InChI=1S/C22H23N3O5/c1-14-7-8-16-15(2)17(22(27)30-20(16)13-14)9-10-21(26)24-12-11-23-18-5-3-4-6-19(18)25(28)29/h3-8,13,23H,9-12H2,1-2H3,(H,24,26). The first-order valence-corrected chi connectivity index (χ1v) is 9.63. The van der Waals surface area contributed by atoms with E-state index in [1.807, 2.05) is 32.0 Å². The number of hydrogen-bond acceptors (Lipinski definition) is 6. The number of nitrogens with zero attached hydrogens (tertiary/aromatic N) is 1. The minimum absolute atomic E-state index is 0.0162. The summed E-state index contributed by atoms with van der Waals surface area (Å²) in [6, 6.07) is 12.0. The fourth-order valence-electron chi connectivity index (χ4n) is 3.30. The van der Waals surface area contributed by atoms with Gasteiger partial charge in [0.15, 0.2) is 0 Å². The lowest BCUT2D eigenvalue weighted by Gasteiger charge is -2.10. The second-order valence-corrected chi connectivity index (χ2v) is 7.04. The van der Waals surface area contributed by atoms with E-state index in [1.54, 1.807) is 18.2 Å². The molecule has 0 radical (unpaired) electrons. The number of anilines is 1. The molecular weight excluding hydrogens is 386 g/mol. The van der Waals surface area contributed by atoms with Crippen molar-refractivity contribution in [3.05, 3.63) is 79.7 Å². The molecule has 0 saturated carbocycles. The number of amides is 1. The van der Waals surface area contributed by atoms with Crippen LogP contribution in [0.25, 0.3) is 11.0 Å². The predicted octanol–water partition coefficient (Wildman–Crippen LogP) is 3.48. The smallest absolute Gasteiger partial charge is 0.339 e. The average Bonchev–Trinajstić information content (AvgIpc) is 2.71. The summed E-state index contributed by atoms with van der Waals surface area (Å²) in [6.45, 7) is 4.43. The van der Waals surface area contributed by atoms with Crippen molar-refractivity contribution in [1.29, 1.82) is 0 Å². The van der Waals surface area contributed by atoms with E-state index in [9.17, 15) is 19.7 Å². The van der Waals surface area contributed by atoms with Crippen LogP contribution in [0.15, 0.2) is 51.7 Å². The highest BCUT2D eigenvalue weighted by molar-refractivity contribution is 5.82. The number of rotatable bonds is 8. The van der Waals surface area contributed by atoms with E-state index in [2.05, 4.69) is 10.6 Å². The number of benzene rings is 2. The van der Waals surface area contributed by atoms with Crippen molar-refractivity contribution >= 4 is 28.3 Å². The molecule has 156 valence electrons. The largest absolute Gasteiger partial charge is 0.423 e. The van der Waals surface area contributed by atoms with Gasteiger partial charge in [0.25, 0.3) is 5.69 Å². The molecule has 2 aromatic carbocycles. The molecule has 3 rings (SSSR count). The van der Waals surface area contributed by atoms with Crippen molar-refractivity contribution in [2.45, 2.75) is 26.7 Å². The van der Waals surface area contributed by atoms with Crippen molar-refractivity contribution in [3.63, 3.8) is 0 Å². The SMILES string of the molecule is Cc1ccc2c(C)c(CCC(=O)NCCNc3ccccc3[N+](=O)[O-])c(=O)oc2c1. The van der Waals surface area contributed by atoms with Gasteiger partial charge in [-0.3, -0.25) is 14.9 Å². The van der Waals surface area contributed by atoms with Crippen molar-refractivity contribution in [1.82, 2.24) is 5.32 Å². The molecular formula is C22H23N3O5. The number of aryl methyl sites for hydroxylation is 2. The Bertz CT molecular complexity index is 1150. The van der Waals surface area contributed by atoms with Gasteiger partial charge in [0.2, 0.25) is 5.91 Å². The van der Waals surface area contributed by atoms with Crippen molar-refractivity contribution < 1.29 is 14.1 Å². The molecule has 0 bridgehead atoms. The monoisotopic (exact) mass is 409 g/mol. The third-order valence-corrected chi connectivity index (χ3v) is 4.91. The summed E-state index contributed by atoms with van der Waals surface area (Å²) in [5.41, 5.74) is 2.84. The Labute approximate surface area is 173 Å². The molecule has 3 aromatic rings. The maximum atomic E-state index is 12.3. The van der Waals surface area contributed by atoms with Gasteiger partial charge >= 0.3 is 5.63 Å². The van der Waals surface area contributed by atoms with Crippen LogP contribution in [0.2, 0.25) is 0 Å². The first-order chi connectivity index (χ1) is 14.4. The summed E-state index contributed by atoms with van der Waals surface area (Å²) >= 11 is 0. The molecule has 2 N–H and O–H groups in total. The Kier molecular flexibility index (Phi) is 6.46. The van der Waals surface area contributed by atoms with E-state index in [4.69, 9.17) is 4.42 Å². The Morgan fingerprint density at radius 3 is 2.67 bits per heavy atom. The minimum Gasteiger partial charge on any atom is -0.423 e. The lowest BCUT2D eigenvalue weighted by atomic mass is 10.0. The van der Waals surface area contributed by atoms with Crippen LogP contribution in [-0.2, 0) is 11.2 Å². The number of para-hydroxylation sites is 2. The van der Waals surface area contributed by atoms with E-state index >= 15 is 0 Å². The van der Waals surface area contributed by atoms with Gasteiger partial charge in [-0.1, -0.05) is 24.3 Å². The Hall–Kier alpha value is -3.68. The van der Waals surface area contributed by atoms with E-state index < -0.39 is 10.5 Å². The quantitative estimate of drug-likeness (QED) is 0.255. The highest BCUT2D eigenvalue weighted by Gasteiger charge is 2.14. The molecule has 8 heteroatoms. The molecule has 0 aliphatic carbocycles. The molecule has 1 aromatic heterocycles. The van der Waals surface area contributed by atoms with E-state index in [1.165, 1.54) is 6.07 Å². The van der Waals surface area contributed by atoms with Crippen molar-refractivity contribution in [2.24, 2.45) is 0 Å². The molecule has 0 fully saturated rings. The van der Waals surface area contributed by atoms with Crippen LogP contribution >= 0.6 is 0 Å². The van der Waals surface area contributed by atoms with Crippen molar-refractivity contribution in [2.75, 3.05) is 18.4 Å². The topological polar surface area (TPSA) is 114 Å². The Morgan fingerprint density at radius 1 is 1.13 bits per heavy atom. The maximum absolute atomic E-state index is 12.3. The first kappa shape index (κ1) is 21.0. The maximum Gasteiger partial charge on any atom is 0.339 e. The molecule has 0 unspecified atom stereocenters. The van der Waals surface area contributed by atoms with Gasteiger partial charge < -0.3 is 15.1 Å². The fourth-order valence-corrected chi connectivity index (χ4v) is 3.30. The highest BCUT2D eigenvalue weighted by atomic mass is 16.6. The second-order valence-electron chi connectivity index (χ2n) is 7.04. The summed E-state index contributed by atoms with van der Waals surface area (Å²) in [5, 5.41) is 17.6. The normalized spacial score (nSPS) is 10.7. The third kappa shape index (κ3) is 4.83. The Balaban J connectivity index is 1.54. The predicted molar refractivity (Wildman–Crippen MR) is 115 cm³/mol. The Morgan fingerprint density at radius 2 is 1.90 bits per heavy atom. The van der Waals surface area contributed by atoms with Gasteiger partial charge in [-0.2, -0.15) is 0 Å². The van der Waals surface area contributed by atoms with Crippen LogP contribution in [0, 0.1) is 24.0 Å². The highest BCUT2D eigenvalue weighted by Crippen LogP contribution is 2.23. The zero-order valence-corrected chi connectivity index (χ0v) is 16.9. The van der Waals surface area contributed by atoms with Gasteiger partial charge in [0.1, 0.15) is 11.3 Å².